The molecule has 0 aliphatic heterocycles. The Kier molecular flexibility index (Phi) is 4.82. The van der Waals surface area contributed by atoms with Gasteiger partial charge in [0, 0.05) is 6.42 Å². The minimum atomic E-state index is 0.756. The third-order valence-electron chi connectivity index (χ3n) is 4.52. The van der Waals surface area contributed by atoms with Gasteiger partial charge in [-0.15, -0.1) is 0 Å². The second kappa shape index (κ2) is 5.67. The Hall–Kier alpha value is -0.330. The molecule has 4 unspecified atom stereocenters. The van der Waals surface area contributed by atoms with Crippen LogP contribution < -0.4 is 0 Å². The molecule has 1 nitrogen and oxygen atoms in total. The van der Waals surface area contributed by atoms with Gasteiger partial charge in [-0.3, -0.25) is 0 Å². The van der Waals surface area contributed by atoms with Crippen molar-refractivity contribution in [3.63, 3.8) is 0 Å². The van der Waals surface area contributed by atoms with Crippen LogP contribution in [0.2, 0.25) is 0 Å². The van der Waals surface area contributed by atoms with E-state index in [0.717, 1.165) is 48.7 Å². The zero-order valence-electron chi connectivity index (χ0n) is 10.7. The van der Waals surface area contributed by atoms with Crippen LogP contribution >= 0.6 is 0 Å². The molecular formula is C14H26O. The number of aldehydes is 1. The normalized spacial score (nSPS) is 36.9. The lowest BCUT2D eigenvalue weighted by Crippen LogP contribution is -2.31. The van der Waals surface area contributed by atoms with Crippen LogP contribution in [-0.2, 0) is 4.79 Å². The monoisotopic (exact) mass is 210 g/mol. The zero-order valence-corrected chi connectivity index (χ0v) is 10.7. The number of rotatable bonds is 4. The van der Waals surface area contributed by atoms with E-state index in [1.165, 1.54) is 12.8 Å². The van der Waals surface area contributed by atoms with Crippen molar-refractivity contribution in [1.29, 1.82) is 0 Å². The van der Waals surface area contributed by atoms with Crippen molar-refractivity contribution >= 4 is 6.29 Å². The summed E-state index contributed by atoms with van der Waals surface area (Å²) in [5.41, 5.74) is 0. The van der Waals surface area contributed by atoms with E-state index in [9.17, 15) is 4.79 Å². The van der Waals surface area contributed by atoms with Crippen LogP contribution in [0.4, 0.5) is 0 Å². The largest absolute Gasteiger partial charge is 0.303 e. The summed E-state index contributed by atoms with van der Waals surface area (Å²) in [6.45, 7) is 9.43. The molecule has 4 atom stereocenters. The van der Waals surface area contributed by atoms with Crippen molar-refractivity contribution in [1.82, 2.24) is 0 Å². The van der Waals surface area contributed by atoms with Gasteiger partial charge in [0.15, 0.2) is 0 Å². The fraction of sp³-hybridized carbons (Fsp3) is 0.929. The van der Waals surface area contributed by atoms with Crippen molar-refractivity contribution in [3.05, 3.63) is 0 Å². The van der Waals surface area contributed by atoms with E-state index in [4.69, 9.17) is 0 Å². The third-order valence-corrected chi connectivity index (χ3v) is 4.52. The highest BCUT2D eigenvalue weighted by Gasteiger charge is 2.33. The maximum atomic E-state index is 10.5. The molecule has 0 aromatic heterocycles. The molecule has 88 valence electrons. The maximum absolute atomic E-state index is 10.5. The molecule has 0 N–H and O–H groups in total. The molecule has 0 bridgehead atoms. The molecule has 0 spiro atoms. The van der Waals surface area contributed by atoms with Crippen molar-refractivity contribution in [2.45, 2.75) is 53.4 Å². The summed E-state index contributed by atoms with van der Waals surface area (Å²) in [6.07, 6.45) is 5.68. The van der Waals surface area contributed by atoms with Gasteiger partial charge in [-0.2, -0.15) is 0 Å². The Morgan fingerprint density at radius 1 is 1.27 bits per heavy atom. The second-order valence-corrected chi connectivity index (χ2v) is 5.82. The Labute approximate surface area is 94.6 Å². The number of carbonyl (C=O) groups excluding carboxylic acids is 1. The molecule has 1 saturated carbocycles. The molecule has 1 heteroatoms. The van der Waals surface area contributed by atoms with E-state index in [-0.39, 0.29) is 0 Å². The highest BCUT2D eigenvalue weighted by molar-refractivity contribution is 5.49. The predicted octanol–water partition coefficient (Wildman–Crippen LogP) is 3.92. The van der Waals surface area contributed by atoms with Crippen molar-refractivity contribution in [2.75, 3.05) is 0 Å². The Bertz CT molecular complexity index is 198. The van der Waals surface area contributed by atoms with Crippen LogP contribution in [0.15, 0.2) is 0 Å². The molecule has 1 aliphatic rings. The lowest BCUT2D eigenvalue weighted by molar-refractivity contribution is -0.108. The van der Waals surface area contributed by atoms with Crippen LogP contribution in [-0.4, -0.2) is 6.29 Å². The molecule has 0 amide bonds. The van der Waals surface area contributed by atoms with Gasteiger partial charge >= 0.3 is 0 Å². The van der Waals surface area contributed by atoms with Gasteiger partial charge in [0.25, 0.3) is 0 Å². The highest BCUT2D eigenvalue weighted by atomic mass is 16.1. The molecule has 1 fully saturated rings. The fourth-order valence-electron chi connectivity index (χ4n) is 3.06. The van der Waals surface area contributed by atoms with Gasteiger partial charge in [-0.1, -0.05) is 27.7 Å². The SMILES string of the molecule is CC(C)C1CC(C)C(C)C(CCC=O)C1. The first-order valence-electron chi connectivity index (χ1n) is 6.49. The topological polar surface area (TPSA) is 17.1 Å². The summed E-state index contributed by atoms with van der Waals surface area (Å²) < 4.78 is 0. The molecule has 0 radical (unpaired) electrons. The summed E-state index contributed by atoms with van der Waals surface area (Å²) in [5.74, 6) is 4.11. The Morgan fingerprint density at radius 3 is 2.47 bits per heavy atom. The first-order valence-corrected chi connectivity index (χ1v) is 6.49. The second-order valence-electron chi connectivity index (χ2n) is 5.82. The minimum absolute atomic E-state index is 0.756. The van der Waals surface area contributed by atoms with Crippen molar-refractivity contribution in [3.8, 4) is 0 Å². The molecule has 0 aromatic rings. The average molecular weight is 210 g/mol. The maximum Gasteiger partial charge on any atom is 0.120 e. The van der Waals surface area contributed by atoms with Crippen LogP contribution in [0.25, 0.3) is 0 Å². The minimum Gasteiger partial charge on any atom is -0.303 e. The standard InChI is InChI=1S/C14H26O/c1-10(2)14-8-11(3)12(4)13(9-14)6-5-7-15/h7,10-14H,5-6,8-9H2,1-4H3. The third kappa shape index (κ3) is 3.32. The van der Waals surface area contributed by atoms with Gasteiger partial charge in [-0.05, 0) is 48.9 Å². The van der Waals surface area contributed by atoms with E-state index >= 15 is 0 Å². The molecule has 0 heterocycles. The van der Waals surface area contributed by atoms with Gasteiger partial charge in [0.2, 0.25) is 0 Å². The number of hydrogen-bond donors (Lipinski definition) is 0. The molecule has 0 saturated heterocycles. The molecule has 1 aliphatic carbocycles. The van der Waals surface area contributed by atoms with Crippen LogP contribution in [0.5, 0.6) is 0 Å². The summed E-state index contributed by atoms with van der Waals surface area (Å²) >= 11 is 0. The van der Waals surface area contributed by atoms with Crippen LogP contribution in [0.3, 0.4) is 0 Å². The smallest absolute Gasteiger partial charge is 0.120 e. The quantitative estimate of drug-likeness (QED) is 0.643. The average Bonchev–Trinajstić information content (AvgIpc) is 2.19. The number of carbonyl (C=O) groups is 1. The summed E-state index contributed by atoms with van der Waals surface area (Å²) in [6, 6.07) is 0. The molecule has 1 rings (SSSR count). The first-order chi connectivity index (χ1) is 7.06. The lowest BCUT2D eigenvalue weighted by atomic mass is 9.65. The molecular weight excluding hydrogens is 184 g/mol. The van der Waals surface area contributed by atoms with Gasteiger partial charge in [0.1, 0.15) is 6.29 Å². The first kappa shape index (κ1) is 12.7. The summed E-state index contributed by atoms with van der Waals surface area (Å²) in [7, 11) is 0. The van der Waals surface area contributed by atoms with E-state index < -0.39 is 0 Å². The molecule has 0 aromatic carbocycles. The fourth-order valence-corrected chi connectivity index (χ4v) is 3.06. The van der Waals surface area contributed by atoms with E-state index in [2.05, 4.69) is 27.7 Å². The van der Waals surface area contributed by atoms with Crippen LogP contribution in [0.1, 0.15) is 53.4 Å². The van der Waals surface area contributed by atoms with Crippen molar-refractivity contribution in [2.24, 2.45) is 29.6 Å². The van der Waals surface area contributed by atoms with Gasteiger partial charge < -0.3 is 4.79 Å². The number of hydrogen-bond acceptors (Lipinski definition) is 1. The van der Waals surface area contributed by atoms with Crippen molar-refractivity contribution < 1.29 is 4.79 Å². The summed E-state index contributed by atoms with van der Waals surface area (Å²) in [4.78, 5) is 10.5. The lowest BCUT2D eigenvalue weighted by Gasteiger charge is -2.40. The Balaban J connectivity index is 2.55. The van der Waals surface area contributed by atoms with E-state index in [1.54, 1.807) is 0 Å². The Morgan fingerprint density at radius 2 is 1.93 bits per heavy atom. The van der Waals surface area contributed by atoms with Gasteiger partial charge in [-0.25, -0.2) is 0 Å². The summed E-state index contributed by atoms with van der Waals surface area (Å²) in [5, 5.41) is 0. The highest BCUT2D eigenvalue weighted by Crippen LogP contribution is 2.42. The van der Waals surface area contributed by atoms with Gasteiger partial charge in [0.05, 0.1) is 0 Å². The zero-order chi connectivity index (χ0) is 11.4. The van der Waals surface area contributed by atoms with Crippen LogP contribution in [0, 0.1) is 29.6 Å². The van der Waals surface area contributed by atoms with E-state index in [1.807, 2.05) is 0 Å². The predicted molar refractivity (Wildman–Crippen MR) is 64.7 cm³/mol. The molecule has 15 heavy (non-hydrogen) atoms. The van der Waals surface area contributed by atoms with E-state index in [0.29, 0.717) is 0 Å².